The molecule has 1 fully saturated rings. The van der Waals surface area contributed by atoms with Crippen molar-refractivity contribution in [2.45, 2.75) is 19.5 Å². The van der Waals surface area contributed by atoms with E-state index in [9.17, 15) is 10.1 Å². The van der Waals surface area contributed by atoms with E-state index >= 15 is 0 Å². The maximum absolute atomic E-state index is 12.8. The topological polar surface area (TPSA) is 62.6 Å². The molecule has 34 heavy (non-hydrogen) atoms. The lowest BCUT2D eigenvalue weighted by atomic mass is 10.0. The maximum atomic E-state index is 12.8. The molecule has 3 aromatic rings. The number of rotatable bonds is 6. The molecule has 0 atom stereocenters. The summed E-state index contributed by atoms with van der Waals surface area (Å²) in [7, 11) is 0. The molecule has 1 saturated heterocycles. The average Bonchev–Trinajstić information content (AvgIpc) is 3.21. The van der Waals surface area contributed by atoms with Crippen LogP contribution in [0.1, 0.15) is 21.6 Å². The van der Waals surface area contributed by atoms with E-state index in [4.69, 9.17) is 0 Å². The van der Waals surface area contributed by atoms with Crippen LogP contribution in [0.15, 0.2) is 60.7 Å². The van der Waals surface area contributed by atoms with Gasteiger partial charge in [0.05, 0.1) is 12.1 Å². The largest absolute Gasteiger partial charge is 0.369 e. The van der Waals surface area contributed by atoms with E-state index in [0.717, 1.165) is 57.8 Å². The lowest BCUT2D eigenvalue weighted by Gasteiger charge is -2.35. The van der Waals surface area contributed by atoms with Crippen molar-refractivity contribution >= 4 is 27.9 Å². The van der Waals surface area contributed by atoms with Crippen LogP contribution in [0.25, 0.3) is 0 Å². The molecule has 2 aliphatic rings. The Morgan fingerprint density at radius 1 is 0.941 bits per heavy atom. The highest BCUT2D eigenvalue weighted by molar-refractivity contribution is 7.16. The van der Waals surface area contributed by atoms with Crippen LogP contribution in [0, 0.1) is 11.3 Å². The highest BCUT2D eigenvalue weighted by Gasteiger charge is 2.26. The van der Waals surface area contributed by atoms with E-state index in [-0.39, 0.29) is 5.91 Å². The highest BCUT2D eigenvalue weighted by Crippen LogP contribution is 2.37. The van der Waals surface area contributed by atoms with Crippen molar-refractivity contribution in [2.75, 3.05) is 49.5 Å². The fraction of sp³-hybridized carbons (Fsp3) is 0.333. The molecule has 3 heterocycles. The average molecular weight is 472 g/mol. The summed E-state index contributed by atoms with van der Waals surface area (Å²) < 4.78 is 0. The fourth-order valence-electron chi connectivity index (χ4n) is 4.81. The van der Waals surface area contributed by atoms with Crippen molar-refractivity contribution in [2.24, 2.45) is 0 Å². The molecule has 1 amide bonds. The first-order valence-electron chi connectivity index (χ1n) is 11.8. The molecule has 5 rings (SSSR count). The zero-order chi connectivity index (χ0) is 23.3. The van der Waals surface area contributed by atoms with Crippen LogP contribution < -0.4 is 10.2 Å². The second-order valence-electron chi connectivity index (χ2n) is 8.91. The number of thiophene rings is 1. The molecule has 6 nitrogen and oxygen atoms in total. The normalized spacial score (nSPS) is 16.6. The van der Waals surface area contributed by atoms with Crippen LogP contribution >= 0.6 is 11.3 Å². The quantitative estimate of drug-likeness (QED) is 0.590. The summed E-state index contributed by atoms with van der Waals surface area (Å²) in [6, 6.07) is 23.2. The van der Waals surface area contributed by atoms with Crippen LogP contribution in [-0.4, -0.2) is 55.0 Å². The number of piperazine rings is 1. The van der Waals surface area contributed by atoms with Crippen LogP contribution in [0.4, 0.5) is 10.7 Å². The Labute approximate surface area is 205 Å². The molecule has 0 saturated carbocycles. The molecule has 0 aliphatic carbocycles. The lowest BCUT2D eigenvalue weighted by molar-refractivity contribution is -0.117. The van der Waals surface area contributed by atoms with Gasteiger partial charge in [0.25, 0.3) is 0 Å². The first kappa shape index (κ1) is 22.6. The van der Waals surface area contributed by atoms with Gasteiger partial charge in [-0.15, -0.1) is 11.3 Å². The third-order valence-electron chi connectivity index (χ3n) is 6.61. The summed E-state index contributed by atoms with van der Waals surface area (Å²) in [5.74, 6) is -0.0376. The van der Waals surface area contributed by atoms with Crippen LogP contribution in [0.3, 0.4) is 0 Å². The number of carbonyl (C=O) groups is 1. The van der Waals surface area contributed by atoms with Gasteiger partial charge in [0, 0.05) is 56.4 Å². The number of hydrogen-bond acceptors (Lipinski definition) is 6. The van der Waals surface area contributed by atoms with Gasteiger partial charge in [0.1, 0.15) is 11.1 Å². The third kappa shape index (κ3) is 5.15. The first-order chi connectivity index (χ1) is 16.7. The van der Waals surface area contributed by atoms with Gasteiger partial charge in [-0.2, -0.15) is 5.26 Å². The molecular formula is C27H29N5OS. The zero-order valence-corrected chi connectivity index (χ0v) is 20.1. The Bertz CT molecular complexity index is 1160. The molecule has 0 spiro atoms. The standard InChI is InChI=1S/C27H29N5OS/c28-17-24-23-11-12-31(18-21-7-3-1-4-8-21)19-25(23)34-27(24)29-26(33)20-30-13-15-32(16-14-30)22-9-5-2-6-10-22/h1-10H,11-16,18-20H2,(H,29,33). The van der Waals surface area contributed by atoms with E-state index in [0.29, 0.717) is 17.1 Å². The molecular weight excluding hydrogens is 442 g/mol. The Balaban J connectivity index is 1.17. The number of para-hydroxylation sites is 1. The summed E-state index contributed by atoms with van der Waals surface area (Å²) in [4.78, 5) is 21.0. The van der Waals surface area contributed by atoms with Crippen molar-refractivity contribution < 1.29 is 4.79 Å². The number of amides is 1. The summed E-state index contributed by atoms with van der Waals surface area (Å²) in [6.07, 6.45) is 0.846. The minimum Gasteiger partial charge on any atom is -0.369 e. The van der Waals surface area contributed by atoms with Gasteiger partial charge in [-0.3, -0.25) is 14.6 Å². The van der Waals surface area contributed by atoms with Gasteiger partial charge in [0.2, 0.25) is 5.91 Å². The number of hydrogen-bond donors (Lipinski definition) is 1. The number of nitriles is 1. The number of fused-ring (bicyclic) bond motifs is 1. The van der Waals surface area contributed by atoms with Gasteiger partial charge in [0.15, 0.2) is 0 Å². The van der Waals surface area contributed by atoms with Crippen LogP contribution in [0.5, 0.6) is 0 Å². The van der Waals surface area contributed by atoms with Gasteiger partial charge in [-0.25, -0.2) is 0 Å². The second-order valence-corrected chi connectivity index (χ2v) is 10.0. The zero-order valence-electron chi connectivity index (χ0n) is 19.2. The summed E-state index contributed by atoms with van der Waals surface area (Å²) in [5, 5.41) is 13.6. The molecule has 1 N–H and O–H groups in total. The first-order valence-corrected chi connectivity index (χ1v) is 12.6. The minimum atomic E-state index is -0.0376. The number of benzene rings is 2. The number of anilines is 2. The van der Waals surface area contributed by atoms with E-state index in [2.05, 4.69) is 74.6 Å². The van der Waals surface area contributed by atoms with Crippen LogP contribution in [0.2, 0.25) is 0 Å². The van der Waals surface area contributed by atoms with Crippen molar-refractivity contribution in [3.05, 3.63) is 82.2 Å². The summed E-state index contributed by atoms with van der Waals surface area (Å²) in [5.41, 5.74) is 4.30. The lowest BCUT2D eigenvalue weighted by Crippen LogP contribution is -2.48. The Morgan fingerprint density at radius 2 is 1.65 bits per heavy atom. The summed E-state index contributed by atoms with van der Waals surface area (Å²) in [6.45, 7) is 6.52. The van der Waals surface area contributed by atoms with Crippen LogP contribution in [-0.2, 0) is 24.3 Å². The third-order valence-corrected chi connectivity index (χ3v) is 7.74. The maximum Gasteiger partial charge on any atom is 0.239 e. The molecule has 2 aromatic carbocycles. The van der Waals surface area contributed by atoms with Gasteiger partial charge >= 0.3 is 0 Å². The molecule has 0 radical (unpaired) electrons. The molecule has 1 aromatic heterocycles. The number of carbonyl (C=O) groups excluding carboxylic acids is 1. The van der Waals surface area contributed by atoms with Crippen molar-refractivity contribution in [1.29, 1.82) is 5.26 Å². The van der Waals surface area contributed by atoms with Crippen molar-refractivity contribution in [3.63, 3.8) is 0 Å². The minimum absolute atomic E-state index is 0.0376. The molecule has 2 aliphatic heterocycles. The van der Waals surface area contributed by atoms with E-state index in [1.54, 1.807) is 11.3 Å². The summed E-state index contributed by atoms with van der Waals surface area (Å²) >= 11 is 1.57. The molecule has 0 bridgehead atoms. The fourth-order valence-corrected chi connectivity index (χ4v) is 6.07. The molecule has 174 valence electrons. The molecule has 7 heteroatoms. The highest BCUT2D eigenvalue weighted by atomic mass is 32.1. The SMILES string of the molecule is N#Cc1c(NC(=O)CN2CCN(c3ccccc3)CC2)sc2c1CCN(Cc1ccccc1)C2. The Morgan fingerprint density at radius 3 is 2.35 bits per heavy atom. The Hall–Kier alpha value is -3.18. The Kier molecular flexibility index (Phi) is 6.91. The van der Waals surface area contributed by atoms with Gasteiger partial charge in [-0.1, -0.05) is 48.5 Å². The van der Waals surface area contributed by atoms with E-state index in [1.165, 1.54) is 16.1 Å². The van der Waals surface area contributed by atoms with Gasteiger partial charge < -0.3 is 10.2 Å². The van der Waals surface area contributed by atoms with Crippen molar-refractivity contribution in [1.82, 2.24) is 9.80 Å². The second kappa shape index (κ2) is 10.4. The van der Waals surface area contributed by atoms with Gasteiger partial charge in [-0.05, 0) is 29.7 Å². The number of nitrogens with zero attached hydrogens (tertiary/aromatic N) is 4. The predicted octanol–water partition coefficient (Wildman–Crippen LogP) is 3.94. The number of nitrogens with one attached hydrogen (secondary N) is 1. The smallest absolute Gasteiger partial charge is 0.239 e. The van der Waals surface area contributed by atoms with E-state index < -0.39 is 0 Å². The van der Waals surface area contributed by atoms with Crippen molar-refractivity contribution in [3.8, 4) is 6.07 Å². The van der Waals surface area contributed by atoms with E-state index in [1.807, 2.05) is 12.1 Å². The predicted molar refractivity (Wildman–Crippen MR) is 137 cm³/mol. The monoisotopic (exact) mass is 471 g/mol. The molecule has 0 unspecified atom stereocenters.